The van der Waals surface area contributed by atoms with Crippen molar-refractivity contribution >= 4 is 28.8 Å². The van der Waals surface area contributed by atoms with Crippen molar-refractivity contribution in [3.05, 3.63) is 23.9 Å². The second-order valence-corrected chi connectivity index (χ2v) is 15.1. The monoisotopic (exact) mass is 670 g/mol. The van der Waals surface area contributed by atoms with Gasteiger partial charge >= 0.3 is 6.09 Å². The van der Waals surface area contributed by atoms with E-state index in [9.17, 15) is 14.4 Å². The number of Topliss-reactive ketones (excluding diaryl/α,β-unsaturated/α-hetero) is 1. The van der Waals surface area contributed by atoms with E-state index in [2.05, 4.69) is 15.3 Å². The fourth-order valence-corrected chi connectivity index (χ4v) is 8.27. The van der Waals surface area contributed by atoms with Gasteiger partial charge in [0.25, 0.3) is 5.92 Å². The molecule has 0 spiro atoms. The molecule has 1 aromatic heterocycles. The SMILES string of the molecule is CCOc1ccc2nc3c(nc2c1)O[C@H]1CN(C(=O)[C@H](C(C)(C)C)NC(=O)O[C@@H]2CC4CC4[C@H]2CCCCC3(F)F)[C@H](C(C)=O)[C@@H]1CC. The van der Waals surface area contributed by atoms with Crippen molar-refractivity contribution < 1.29 is 37.4 Å². The van der Waals surface area contributed by atoms with Gasteiger partial charge < -0.3 is 24.4 Å². The number of rotatable bonds is 4. The van der Waals surface area contributed by atoms with Gasteiger partial charge in [0.2, 0.25) is 11.8 Å². The van der Waals surface area contributed by atoms with Crippen molar-refractivity contribution in [2.45, 2.75) is 117 Å². The van der Waals surface area contributed by atoms with Crippen LogP contribution in [0.25, 0.3) is 11.0 Å². The Morgan fingerprint density at radius 2 is 1.83 bits per heavy atom. The number of alkyl carbamates (subject to hydrolysis) is 1. The first-order valence-electron chi connectivity index (χ1n) is 17.5. The summed E-state index contributed by atoms with van der Waals surface area (Å²) in [5, 5.41) is 2.85. The standard InChI is InChI=1S/C36H48F2N4O6/c1-7-22-28-18-42(29(22)19(3)43)33(44)31(35(4,5)6)41-34(45)48-27-16-20-15-24(20)23(27)11-9-10-14-36(37,38)30-32(47-28)40-26-17-21(46-8-2)12-13-25(26)39-30/h12-13,17,20,22-24,27-29,31H,7-11,14-16,18H2,1-6H3,(H,41,45)/t20?,22-,23-,24?,27-,28+,29-,31-/m1/s1. The third-order valence-corrected chi connectivity index (χ3v) is 10.7. The van der Waals surface area contributed by atoms with Crippen LogP contribution < -0.4 is 14.8 Å². The number of ketones is 1. The van der Waals surface area contributed by atoms with Crippen molar-refractivity contribution in [3.63, 3.8) is 0 Å². The van der Waals surface area contributed by atoms with Crippen LogP contribution in [0, 0.1) is 29.1 Å². The summed E-state index contributed by atoms with van der Waals surface area (Å²) in [5.41, 5.74) is -0.660. The molecule has 2 saturated carbocycles. The van der Waals surface area contributed by atoms with E-state index < -0.39 is 59.6 Å². The zero-order valence-corrected chi connectivity index (χ0v) is 28.8. The molecule has 1 N–H and O–H groups in total. The number of ether oxygens (including phenoxy) is 3. The van der Waals surface area contributed by atoms with Gasteiger partial charge in [-0.3, -0.25) is 9.59 Å². The number of nitrogens with zero attached hydrogens (tertiary/aromatic N) is 3. The molecule has 12 heteroatoms. The maximum atomic E-state index is 16.2. The number of hydrogen-bond donors (Lipinski definition) is 1. The van der Waals surface area contributed by atoms with Gasteiger partial charge in [-0.15, -0.1) is 0 Å². The number of carbonyl (C=O) groups is 3. The van der Waals surface area contributed by atoms with E-state index in [4.69, 9.17) is 14.2 Å². The Morgan fingerprint density at radius 3 is 2.52 bits per heavy atom. The zero-order valence-electron chi connectivity index (χ0n) is 28.8. The lowest BCUT2D eigenvalue weighted by Gasteiger charge is -2.36. The summed E-state index contributed by atoms with van der Waals surface area (Å²) in [7, 11) is 0. The third kappa shape index (κ3) is 6.68. The molecule has 262 valence electrons. The lowest BCUT2D eigenvalue weighted by molar-refractivity contribution is -0.141. The van der Waals surface area contributed by atoms with E-state index in [1.54, 1.807) is 18.2 Å². The summed E-state index contributed by atoms with van der Waals surface area (Å²) >= 11 is 0. The Bertz CT molecular complexity index is 1560. The van der Waals surface area contributed by atoms with Crippen molar-refractivity contribution in [2.75, 3.05) is 13.2 Å². The molecule has 2 unspecified atom stereocenters. The molecule has 2 aliphatic carbocycles. The Kier molecular flexibility index (Phi) is 9.32. The summed E-state index contributed by atoms with van der Waals surface area (Å²) < 4.78 is 50.4. The average molecular weight is 671 g/mol. The maximum absolute atomic E-state index is 16.2. The van der Waals surface area contributed by atoms with Crippen LogP contribution in [0.3, 0.4) is 0 Å². The summed E-state index contributed by atoms with van der Waals surface area (Å²) in [6.07, 6.45) is 1.39. The molecule has 1 aromatic carbocycles. The van der Waals surface area contributed by atoms with Gasteiger partial charge in [0.05, 0.1) is 30.2 Å². The smallest absolute Gasteiger partial charge is 0.408 e. The quantitative estimate of drug-likeness (QED) is 0.395. The number of amides is 2. The second kappa shape index (κ2) is 13.0. The number of aromatic nitrogens is 2. The highest BCUT2D eigenvalue weighted by atomic mass is 19.3. The summed E-state index contributed by atoms with van der Waals surface area (Å²) in [4.78, 5) is 51.3. The van der Waals surface area contributed by atoms with Crippen LogP contribution >= 0.6 is 0 Å². The van der Waals surface area contributed by atoms with Crippen molar-refractivity contribution in [1.29, 1.82) is 0 Å². The predicted octanol–water partition coefficient (Wildman–Crippen LogP) is 6.43. The number of hydrogen-bond acceptors (Lipinski definition) is 8. The molecule has 2 aromatic rings. The van der Waals surface area contributed by atoms with E-state index in [-0.39, 0.29) is 42.2 Å². The number of alkyl halides is 2. The summed E-state index contributed by atoms with van der Waals surface area (Å²) in [6.45, 7) is 11.0. The maximum Gasteiger partial charge on any atom is 0.408 e. The largest absolute Gasteiger partial charge is 0.494 e. The Morgan fingerprint density at radius 1 is 1.06 bits per heavy atom. The number of nitrogens with one attached hydrogen (secondary N) is 1. The number of carbonyl (C=O) groups excluding carboxylic acids is 3. The molecule has 1 saturated heterocycles. The van der Waals surface area contributed by atoms with Gasteiger partial charge in [0.1, 0.15) is 24.0 Å². The van der Waals surface area contributed by atoms with Gasteiger partial charge in [-0.25, -0.2) is 14.8 Å². The molecular weight excluding hydrogens is 622 g/mol. The molecule has 4 aliphatic rings. The van der Waals surface area contributed by atoms with Crippen LogP contribution in [-0.2, 0) is 20.2 Å². The Balaban J connectivity index is 1.42. The normalized spacial score (nSPS) is 32.1. The van der Waals surface area contributed by atoms with Crippen LogP contribution in [0.1, 0.15) is 92.2 Å². The van der Waals surface area contributed by atoms with Gasteiger partial charge in [0, 0.05) is 18.4 Å². The minimum Gasteiger partial charge on any atom is -0.494 e. The van der Waals surface area contributed by atoms with Crippen molar-refractivity contribution in [3.8, 4) is 11.6 Å². The molecule has 48 heavy (non-hydrogen) atoms. The molecule has 2 bridgehead atoms. The fourth-order valence-electron chi connectivity index (χ4n) is 8.27. The van der Waals surface area contributed by atoms with Crippen LogP contribution in [0.4, 0.5) is 13.6 Å². The van der Waals surface area contributed by atoms with Gasteiger partial charge in [-0.05, 0) is 81.3 Å². The second-order valence-electron chi connectivity index (χ2n) is 15.1. The summed E-state index contributed by atoms with van der Waals surface area (Å²) in [5.74, 6) is -3.39. The molecular formula is C36H48F2N4O6. The highest BCUT2D eigenvalue weighted by molar-refractivity contribution is 5.92. The highest BCUT2D eigenvalue weighted by Gasteiger charge is 2.55. The zero-order chi connectivity index (χ0) is 34.5. The molecule has 10 nitrogen and oxygen atoms in total. The highest BCUT2D eigenvalue weighted by Crippen LogP contribution is 2.58. The molecule has 3 fully saturated rings. The first-order valence-corrected chi connectivity index (χ1v) is 17.5. The molecule has 2 amide bonds. The predicted molar refractivity (Wildman–Crippen MR) is 174 cm³/mol. The lowest BCUT2D eigenvalue weighted by Crippen LogP contribution is -2.57. The van der Waals surface area contributed by atoms with Crippen LogP contribution in [0.5, 0.6) is 11.6 Å². The minimum absolute atomic E-state index is 0.0529. The summed E-state index contributed by atoms with van der Waals surface area (Å²) in [6, 6.07) is 3.03. The first-order chi connectivity index (χ1) is 22.7. The molecule has 3 heterocycles. The van der Waals surface area contributed by atoms with Gasteiger partial charge in [-0.1, -0.05) is 34.1 Å². The number of halogens is 2. The van der Waals surface area contributed by atoms with E-state index in [1.165, 1.54) is 11.8 Å². The van der Waals surface area contributed by atoms with Gasteiger partial charge in [0.15, 0.2) is 11.5 Å². The van der Waals surface area contributed by atoms with E-state index in [0.29, 0.717) is 49.0 Å². The number of benzene rings is 1. The average Bonchev–Trinajstić information content (AvgIpc) is 3.55. The third-order valence-electron chi connectivity index (χ3n) is 10.7. The number of fused-ring (bicyclic) bond motifs is 7. The lowest BCUT2D eigenvalue weighted by atomic mass is 9.85. The van der Waals surface area contributed by atoms with Crippen LogP contribution in [-0.4, -0.2) is 70.1 Å². The molecule has 0 radical (unpaired) electrons. The van der Waals surface area contributed by atoms with Gasteiger partial charge in [-0.2, -0.15) is 8.78 Å². The van der Waals surface area contributed by atoms with Crippen molar-refractivity contribution in [1.82, 2.24) is 20.2 Å². The first kappa shape index (κ1) is 34.3. The topological polar surface area (TPSA) is 120 Å². The van der Waals surface area contributed by atoms with E-state index >= 15 is 8.78 Å². The Hall–Kier alpha value is -3.57. The fraction of sp³-hybridized carbons (Fsp3) is 0.694. The van der Waals surface area contributed by atoms with E-state index in [1.807, 2.05) is 34.6 Å². The van der Waals surface area contributed by atoms with Crippen LogP contribution in [0.2, 0.25) is 0 Å². The molecule has 2 aliphatic heterocycles. The van der Waals surface area contributed by atoms with Crippen LogP contribution in [0.15, 0.2) is 18.2 Å². The molecule has 6 rings (SSSR count). The minimum atomic E-state index is -3.36. The van der Waals surface area contributed by atoms with E-state index in [0.717, 1.165) is 12.8 Å². The van der Waals surface area contributed by atoms with Crippen molar-refractivity contribution in [2.24, 2.45) is 29.1 Å². The molecule has 8 atom stereocenters. The Labute approximate surface area is 280 Å².